The van der Waals surface area contributed by atoms with Crippen LogP contribution >= 0.6 is 23.2 Å². The third-order valence-corrected chi connectivity index (χ3v) is 7.61. The monoisotopic (exact) mass is 611 g/mol. The summed E-state index contributed by atoms with van der Waals surface area (Å²) in [6, 6.07) is 12.7. The highest BCUT2D eigenvalue weighted by atomic mass is 35.5. The summed E-state index contributed by atoms with van der Waals surface area (Å²) in [7, 11) is 1.62. The van der Waals surface area contributed by atoms with Crippen molar-refractivity contribution in [3.8, 4) is 11.4 Å². The second-order valence-corrected chi connectivity index (χ2v) is 12.3. The number of amides is 2. The Morgan fingerprint density at radius 3 is 2.36 bits per heavy atom. The van der Waals surface area contributed by atoms with E-state index in [1.165, 1.54) is 0 Å². The number of methoxy groups -OCH3 is 1. The number of halogens is 2. The van der Waals surface area contributed by atoms with E-state index < -0.39 is 11.7 Å². The van der Waals surface area contributed by atoms with Gasteiger partial charge in [0.15, 0.2) is 5.69 Å². The summed E-state index contributed by atoms with van der Waals surface area (Å²) >= 11 is 12.9. The second-order valence-electron chi connectivity index (χ2n) is 11.5. The van der Waals surface area contributed by atoms with Gasteiger partial charge in [-0.05, 0) is 81.2 Å². The highest BCUT2D eigenvalue weighted by molar-refractivity contribution is 6.35. The summed E-state index contributed by atoms with van der Waals surface area (Å²) in [5.74, 6) is 0.387. The summed E-state index contributed by atoms with van der Waals surface area (Å²) in [5.41, 5.74) is 6.08. The molecule has 3 aromatic rings. The molecule has 0 atom stereocenters. The molecular formula is C31H35Cl2N5O4. The molecule has 1 aromatic heterocycles. The van der Waals surface area contributed by atoms with Gasteiger partial charge >= 0.3 is 6.09 Å². The third kappa shape index (κ3) is 6.75. The molecule has 2 amide bonds. The molecule has 222 valence electrons. The van der Waals surface area contributed by atoms with Gasteiger partial charge in [0, 0.05) is 23.7 Å². The zero-order chi connectivity index (χ0) is 30.0. The molecule has 2 aliphatic rings. The predicted octanol–water partition coefficient (Wildman–Crippen LogP) is 6.61. The molecule has 1 saturated heterocycles. The van der Waals surface area contributed by atoms with Crippen molar-refractivity contribution in [1.82, 2.24) is 25.1 Å². The number of hydrogen-bond donors (Lipinski definition) is 1. The molecule has 0 saturated carbocycles. The van der Waals surface area contributed by atoms with Gasteiger partial charge in [-0.1, -0.05) is 41.8 Å². The van der Waals surface area contributed by atoms with E-state index in [9.17, 15) is 9.59 Å². The average Bonchev–Trinajstić information content (AvgIpc) is 3.33. The van der Waals surface area contributed by atoms with Crippen molar-refractivity contribution < 1.29 is 19.1 Å². The van der Waals surface area contributed by atoms with Crippen LogP contribution in [0.5, 0.6) is 5.75 Å². The van der Waals surface area contributed by atoms with Gasteiger partial charge in [-0.2, -0.15) is 5.10 Å². The zero-order valence-corrected chi connectivity index (χ0v) is 25.8. The molecule has 0 radical (unpaired) electrons. The number of carbonyl (C=O) groups excluding carboxylic acids is 2. The number of fused-ring (bicyclic) bond motifs is 1. The van der Waals surface area contributed by atoms with Crippen molar-refractivity contribution >= 4 is 46.9 Å². The Labute approximate surface area is 255 Å². The van der Waals surface area contributed by atoms with E-state index >= 15 is 0 Å². The van der Waals surface area contributed by atoms with Crippen molar-refractivity contribution in [2.45, 2.75) is 52.2 Å². The molecule has 0 spiro atoms. The Hall–Kier alpha value is -3.53. The molecule has 11 heteroatoms. The molecule has 3 heterocycles. The quantitative estimate of drug-likeness (QED) is 0.349. The molecule has 42 heavy (non-hydrogen) atoms. The third-order valence-electron chi connectivity index (χ3n) is 7.07. The van der Waals surface area contributed by atoms with Crippen LogP contribution in [0, 0.1) is 0 Å². The topological polar surface area (TPSA) is 88.9 Å². The van der Waals surface area contributed by atoms with E-state index in [2.05, 4.69) is 5.43 Å². The number of hydrazine groups is 1. The zero-order valence-electron chi connectivity index (χ0n) is 24.2. The minimum atomic E-state index is -0.688. The number of carbonyl (C=O) groups is 2. The minimum Gasteiger partial charge on any atom is -0.497 e. The Bertz CT molecular complexity index is 1500. The lowest BCUT2D eigenvalue weighted by Crippen LogP contribution is -2.45. The SMILES string of the molecule is COc1ccc(C=C2CN(C(=O)OC(C)(C)C)Cc3c(C(=O)NN4CCCCC4)nn(-c4ccc(Cl)cc4Cl)c32)cc1. The number of nitrogens with one attached hydrogen (secondary N) is 1. The first-order valence-electron chi connectivity index (χ1n) is 14.0. The molecule has 2 aromatic carbocycles. The molecule has 0 unspecified atom stereocenters. The molecule has 0 bridgehead atoms. The Kier molecular flexibility index (Phi) is 8.82. The van der Waals surface area contributed by atoms with Crippen LogP contribution in [-0.4, -0.2) is 64.0 Å². The first-order valence-corrected chi connectivity index (χ1v) is 14.7. The number of nitrogens with zero attached hydrogens (tertiary/aromatic N) is 4. The van der Waals surface area contributed by atoms with Crippen LogP contribution in [0.4, 0.5) is 4.79 Å². The highest BCUT2D eigenvalue weighted by Gasteiger charge is 2.36. The van der Waals surface area contributed by atoms with Crippen molar-refractivity contribution in [2.75, 3.05) is 26.7 Å². The normalized spacial score (nSPS) is 16.7. The average molecular weight is 613 g/mol. The first-order chi connectivity index (χ1) is 20.0. The number of piperidine rings is 1. The Morgan fingerprint density at radius 1 is 1.00 bits per heavy atom. The maximum atomic E-state index is 13.8. The van der Waals surface area contributed by atoms with Crippen LogP contribution in [0.3, 0.4) is 0 Å². The summed E-state index contributed by atoms with van der Waals surface area (Å²) < 4.78 is 12.7. The maximum Gasteiger partial charge on any atom is 0.410 e. The van der Waals surface area contributed by atoms with Gasteiger partial charge in [0.25, 0.3) is 5.91 Å². The Balaban J connectivity index is 1.66. The minimum absolute atomic E-state index is 0.137. The molecular weight excluding hydrogens is 577 g/mol. The lowest BCUT2D eigenvalue weighted by Gasteiger charge is -2.32. The summed E-state index contributed by atoms with van der Waals surface area (Å²) in [6.07, 6.45) is 4.65. The van der Waals surface area contributed by atoms with Crippen LogP contribution in [0.2, 0.25) is 10.0 Å². The van der Waals surface area contributed by atoms with E-state index in [1.54, 1.807) is 34.9 Å². The van der Waals surface area contributed by atoms with Gasteiger partial charge < -0.3 is 9.47 Å². The molecule has 5 rings (SSSR count). The predicted molar refractivity (Wildman–Crippen MR) is 164 cm³/mol. The van der Waals surface area contributed by atoms with Gasteiger partial charge in [-0.25, -0.2) is 14.5 Å². The highest BCUT2D eigenvalue weighted by Crippen LogP contribution is 2.36. The second kappa shape index (κ2) is 12.4. The van der Waals surface area contributed by atoms with Gasteiger partial charge in [0.1, 0.15) is 11.4 Å². The smallest absolute Gasteiger partial charge is 0.410 e. The lowest BCUT2D eigenvalue weighted by molar-refractivity contribution is 0.0253. The van der Waals surface area contributed by atoms with Crippen LogP contribution in [0.25, 0.3) is 17.3 Å². The fourth-order valence-electron chi connectivity index (χ4n) is 5.14. The van der Waals surface area contributed by atoms with Crippen LogP contribution in [0.15, 0.2) is 42.5 Å². The number of aromatic nitrogens is 2. The van der Waals surface area contributed by atoms with Gasteiger partial charge in [0.2, 0.25) is 0 Å². The number of hydrogen-bond acceptors (Lipinski definition) is 6. The van der Waals surface area contributed by atoms with Crippen LogP contribution in [-0.2, 0) is 11.3 Å². The van der Waals surface area contributed by atoms with E-state index in [4.69, 9.17) is 37.8 Å². The van der Waals surface area contributed by atoms with Gasteiger partial charge in [-0.15, -0.1) is 0 Å². The van der Waals surface area contributed by atoms with E-state index in [0.717, 1.165) is 49.2 Å². The lowest BCUT2D eigenvalue weighted by atomic mass is 9.97. The molecule has 0 aliphatic carbocycles. The Morgan fingerprint density at radius 2 is 1.71 bits per heavy atom. The molecule has 2 aliphatic heterocycles. The van der Waals surface area contributed by atoms with Crippen molar-refractivity contribution in [3.05, 3.63) is 75.0 Å². The van der Waals surface area contributed by atoms with Gasteiger partial charge in [-0.3, -0.25) is 15.1 Å². The largest absolute Gasteiger partial charge is 0.497 e. The van der Waals surface area contributed by atoms with Crippen LogP contribution in [0.1, 0.15) is 67.3 Å². The van der Waals surface area contributed by atoms with Crippen molar-refractivity contribution in [3.63, 3.8) is 0 Å². The summed E-state index contributed by atoms with van der Waals surface area (Å²) in [5, 5.41) is 7.61. The van der Waals surface area contributed by atoms with E-state index in [-0.39, 0.29) is 24.7 Å². The van der Waals surface area contributed by atoms with Crippen molar-refractivity contribution in [1.29, 1.82) is 0 Å². The first kappa shape index (κ1) is 29.9. The maximum absolute atomic E-state index is 13.8. The van der Waals surface area contributed by atoms with E-state index in [0.29, 0.717) is 27.0 Å². The standard InChI is InChI=1S/C31H35Cl2N5O4/c1-31(2,3)42-30(40)36-18-21(16-20-8-11-23(41-4)12-9-20)28-24(19-36)27(29(39)35-37-14-6-5-7-15-37)34-38(28)26-13-10-22(32)17-25(26)33/h8-13,16-17H,5-7,14-15,18-19H2,1-4H3,(H,35,39). The fourth-order valence-corrected chi connectivity index (χ4v) is 5.63. The number of ether oxygens (including phenoxy) is 2. The van der Waals surface area contributed by atoms with E-state index in [1.807, 2.05) is 56.1 Å². The summed E-state index contributed by atoms with van der Waals surface area (Å²) in [6.45, 7) is 7.39. The van der Waals surface area contributed by atoms with Crippen molar-refractivity contribution in [2.24, 2.45) is 0 Å². The molecule has 9 nitrogen and oxygen atoms in total. The fraction of sp³-hybridized carbons (Fsp3) is 0.387. The van der Waals surface area contributed by atoms with Crippen LogP contribution < -0.4 is 10.2 Å². The number of benzene rings is 2. The summed E-state index contributed by atoms with van der Waals surface area (Å²) in [4.78, 5) is 28.7. The molecule has 1 fully saturated rings. The number of rotatable bonds is 5. The molecule has 1 N–H and O–H groups in total. The van der Waals surface area contributed by atoms with Gasteiger partial charge in [0.05, 0.1) is 36.6 Å².